The van der Waals surface area contributed by atoms with Gasteiger partial charge in [0.25, 0.3) is 0 Å². The van der Waals surface area contributed by atoms with Crippen LogP contribution in [0.15, 0.2) is 24.3 Å². The maximum absolute atomic E-state index is 11.4. The predicted molar refractivity (Wildman–Crippen MR) is 63.9 cm³/mol. The van der Waals surface area contributed by atoms with Gasteiger partial charge in [0.15, 0.2) is 0 Å². The second-order valence-corrected chi connectivity index (χ2v) is 3.85. The van der Waals surface area contributed by atoms with Crippen LogP contribution in [-0.2, 0) is 11.2 Å². The average Bonchev–Trinajstić information content (AvgIpc) is 2.25. The number of carbonyl (C=O) groups excluding carboxylic acids is 1. The number of hydrogen-bond donors (Lipinski definition) is 3. The van der Waals surface area contributed by atoms with Crippen LogP contribution in [0.4, 0.5) is 5.69 Å². The summed E-state index contributed by atoms with van der Waals surface area (Å²) in [5, 5.41) is 11.6. The Morgan fingerprint density at radius 1 is 1.50 bits per heavy atom. The van der Waals surface area contributed by atoms with E-state index in [1.54, 1.807) is 6.92 Å². The third-order valence-corrected chi connectivity index (χ3v) is 2.27. The van der Waals surface area contributed by atoms with Crippen molar-refractivity contribution >= 4 is 11.6 Å². The second kappa shape index (κ2) is 6.12. The lowest BCUT2D eigenvalue weighted by atomic mass is 10.1. The minimum absolute atomic E-state index is 0.0656. The molecule has 0 bridgehead atoms. The molecule has 0 unspecified atom stereocenters. The van der Waals surface area contributed by atoms with Crippen molar-refractivity contribution in [1.82, 2.24) is 5.32 Å². The number of hydrogen-bond acceptors (Lipinski definition) is 3. The van der Waals surface area contributed by atoms with Crippen LogP contribution in [-0.4, -0.2) is 23.7 Å². The lowest BCUT2D eigenvalue weighted by molar-refractivity contribution is -0.121. The summed E-state index contributed by atoms with van der Waals surface area (Å²) >= 11 is 0. The van der Waals surface area contributed by atoms with E-state index in [2.05, 4.69) is 5.32 Å². The van der Waals surface area contributed by atoms with Crippen molar-refractivity contribution in [1.29, 1.82) is 0 Å². The molecule has 0 heterocycles. The molecule has 0 aliphatic heterocycles. The Bertz CT molecular complexity index is 351. The first-order chi connectivity index (χ1) is 7.59. The number of anilines is 1. The van der Waals surface area contributed by atoms with Crippen LogP contribution < -0.4 is 11.1 Å². The Labute approximate surface area is 95.5 Å². The van der Waals surface area contributed by atoms with Gasteiger partial charge < -0.3 is 16.2 Å². The van der Waals surface area contributed by atoms with Gasteiger partial charge in [0.05, 0.1) is 6.10 Å². The van der Waals surface area contributed by atoms with Crippen LogP contribution in [0.25, 0.3) is 0 Å². The molecule has 4 heteroatoms. The summed E-state index contributed by atoms with van der Waals surface area (Å²) in [4.78, 5) is 11.4. The highest BCUT2D eigenvalue weighted by Crippen LogP contribution is 2.12. The smallest absolute Gasteiger partial charge is 0.220 e. The molecule has 1 aromatic rings. The Hall–Kier alpha value is -1.55. The lowest BCUT2D eigenvalue weighted by Gasteiger charge is -2.08. The molecule has 16 heavy (non-hydrogen) atoms. The van der Waals surface area contributed by atoms with E-state index < -0.39 is 6.10 Å². The number of aliphatic hydroxyl groups is 1. The van der Waals surface area contributed by atoms with Crippen molar-refractivity contribution in [2.24, 2.45) is 0 Å². The molecule has 4 N–H and O–H groups in total. The van der Waals surface area contributed by atoms with Gasteiger partial charge in [-0.15, -0.1) is 0 Å². The van der Waals surface area contributed by atoms with Gasteiger partial charge in [0.1, 0.15) is 0 Å². The number of carbonyl (C=O) groups is 1. The van der Waals surface area contributed by atoms with Gasteiger partial charge in [0.2, 0.25) is 5.91 Å². The van der Waals surface area contributed by atoms with E-state index >= 15 is 0 Å². The molecule has 0 saturated heterocycles. The number of benzene rings is 1. The van der Waals surface area contributed by atoms with Crippen molar-refractivity contribution in [3.63, 3.8) is 0 Å². The van der Waals surface area contributed by atoms with Crippen LogP contribution in [0.5, 0.6) is 0 Å². The first kappa shape index (κ1) is 12.5. The Balaban J connectivity index is 2.35. The number of aryl methyl sites for hydroxylation is 1. The zero-order valence-corrected chi connectivity index (χ0v) is 9.44. The zero-order valence-electron chi connectivity index (χ0n) is 9.44. The molecule has 0 aliphatic carbocycles. The highest BCUT2D eigenvalue weighted by Gasteiger charge is 2.04. The molecule has 0 aliphatic rings. The number of para-hydroxylation sites is 1. The summed E-state index contributed by atoms with van der Waals surface area (Å²) in [6, 6.07) is 7.51. The first-order valence-corrected chi connectivity index (χ1v) is 5.37. The van der Waals surface area contributed by atoms with E-state index in [1.807, 2.05) is 24.3 Å². The van der Waals surface area contributed by atoms with Gasteiger partial charge in [-0.1, -0.05) is 18.2 Å². The van der Waals surface area contributed by atoms with Crippen molar-refractivity contribution in [2.75, 3.05) is 12.3 Å². The van der Waals surface area contributed by atoms with E-state index in [4.69, 9.17) is 10.8 Å². The van der Waals surface area contributed by atoms with Gasteiger partial charge in [-0.05, 0) is 25.0 Å². The number of nitrogens with one attached hydrogen (secondary N) is 1. The number of nitrogen functional groups attached to an aromatic ring is 1. The minimum atomic E-state index is -0.509. The van der Waals surface area contributed by atoms with Gasteiger partial charge in [-0.25, -0.2) is 0 Å². The molecule has 0 fully saturated rings. The molecule has 1 rings (SSSR count). The fourth-order valence-electron chi connectivity index (χ4n) is 1.36. The number of nitrogens with two attached hydrogens (primary N) is 1. The molecule has 1 atom stereocenters. The lowest BCUT2D eigenvalue weighted by Crippen LogP contribution is -2.30. The summed E-state index contributed by atoms with van der Waals surface area (Å²) in [6.07, 6.45) is 0.505. The second-order valence-electron chi connectivity index (χ2n) is 3.85. The maximum Gasteiger partial charge on any atom is 0.220 e. The Morgan fingerprint density at radius 3 is 2.81 bits per heavy atom. The molecule has 0 aromatic heterocycles. The number of amides is 1. The number of aliphatic hydroxyl groups excluding tert-OH is 1. The fraction of sp³-hybridized carbons (Fsp3) is 0.417. The van der Waals surface area contributed by atoms with Crippen LogP contribution in [0.2, 0.25) is 0 Å². The fourth-order valence-corrected chi connectivity index (χ4v) is 1.36. The van der Waals surface area contributed by atoms with E-state index in [1.165, 1.54) is 0 Å². The Morgan fingerprint density at radius 2 is 2.19 bits per heavy atom. The zero-order chi connectivity index (χ0) is 12.0. The van der Waals surface area contributed by atoms with Crippen LogP contribution in [0, 0.1) is 0 Å². The first-order valence-electron chi connectivity index (χ1n) is 5.37. The molecule has 0 spiro atoms. The van der Waals surface area contributed by atoms with Crippen LogP contribution in [0.1, 0.15) is 18.9 Å². The van der Waals surface area contributed by atoms with E-state index in [-0.39, 0.29) is 5.91 Å². The molecule has 4 nitrogen and oxygen atoms in total. The van der Waals surface area contributed by atoms with E-state index in [0.29, 0.717) is 25.1 Å². The predicted octanol–water partition coefficient (Wildman–Crippen LogP) is 0.698. The van der Waals surface area contributed by atoms with Gasteiger partial charge in [0, 0.05) is 18.7 Å². The average molecular weight is 222 g/mol. The molecule has 88 valence electrons. The van der Waals surface area contributed by atoms with Crippen LogP contribution in [0.3, 0.4) is 0 Å². The third-order valence-electron chi connectivity index (χ3n) is 2.27. The molecule has 1 amide bonds. The van der Waals surface area contributed by atoms with Crippen molar-refractivity contribution in [2.45, 2.75) is 25.9 Å². The van der Waals surface area contributed by atoms with Crippen molar-refractivity contribution in [3.05, 3.63) is 29.8 Å². The minimum Gasteiger partial charge on any atom is -0.399 e. The quantitative estimate of drug-likeness (QED) is 0.642. The molecular formula is C12H18N2O2. The molecule has 0 radical (unpaired) electrons. The largest absolute Gasteiger partial charge is 0.399 e. The molecule has 1 aromatic carbocycles. The summed E-state index contributed by atoms with van der Waals surface area (Å²) in [5.41, 5.74) is 7.45. The summed E-state index contributed by atoms with van der Waals surface area (Å²) in [6.45, 7) is 1.93. The summed E-state index contributed by atoms with van der Waals surface area (Å²) < 4.78 is 0. The standard InChI is InChI=1S/C12H18N2O2/c1-9(15)8-14-12(16)7-6-10-4-2-3-5-11(10)13/h2-5,9,15H,6-8,13H2,1H3,(H,14,16)/t9-/m0/s1. The number of rotatable bonds is 5. The van der Waals surface area contributed by atoms with E-state index in [0.717, 1.165) is 5.56 Å². The van der Waals surface area contributed by atoms with Crippen molar-refractivity contribution < 1.29 is 9.90 Å². The van der Waals surface area contributed by atoms with Gasteiger partial charge >= 0.3 is 0 Å². The van der Waals surface area contributed by atoms with Gasteiger partial charge in [-0.3, -0.25) is 4.79 Å². The SMILES string of the molecule is C[C@H](O)CNC(=O)CCc1ccccc1N. The van der Waals surface area contributed by atoms with E-state index in [9.17, 15) is 4.79 Å². The highest BCUT2D eigenvalue weighted by molar-refractivity contribution is 5.76. The van der Waals surface area contributed by atoms with Gasteiger partial charge in [-0.2, -0.15) is 0 Å². The maximum atomic E-state index is 11.4. The van der Waals surface area contributed by atoms with Crippen LogP contribution >= 0.6 is 0 Å². The topological polar surface area (TPSA) is 75.3 Å². The molecular weight excluding hydrogens is 204 g/mol. The Kier molecular flexibility index (Phi) is 4.79. The monoisotopic (exact) mass is 222 g/mol. The summed E-state index contributed by atoms with van der Waals surface area (Å²) in [7, 11) is 0. The van der Waals surface area contributed by atoms with Crippen molar-refractivity contribution in [3.8, 4) is 0 Å². The third kappa shape index (κ3) is 4.31. The summed E-state index contributed by atoms with van der Waals surface area (Å²) in [5.74, 6) is -0.0656. The molecule has 0 saturated carbocycles. The highest BCUT2D eigenvalue weighted by atomic mass is 16.3. The normalized spacial score (nSPS) is 12.1.